The molecule has 0 aliphatic carbocycles. The van der Waals surface area contributed by atoms with E-state index in [1.165, 1.54) is 16.9 Å². The molecule has 2 rings (SSSR count). The fourth-order valence-corrected chi connectivity index (χ4v) is 1.73. The molecule has 0 amide bonds. The Kier molecular flexibility index (Phi) is 2.28. The zero-order valence-corrected chi connectivity index (χ0v) is 8.99. The monoisotopic (exact) mass is 188 g/mol. The molecule has 0 unspecified atom stereocenters. The van der Waals surface area contributed by atoms with E-state index in [1.54, 1.807) is 0 Å². The maximum atomic E-state index is 4.46. The molecule has 14 heavy (non-hydrogen) atoms. The largest absolute Gasteiger partial charge is 0.303 e. The van der Waals surface area contributed by atoms with Crippen molar-refractivity contribution in [1.29, 1.82) is 0 Å². The molecular formula is C12H16N2. The third-order valence-corrected chi connectivity index (χ3v) is 2.45. The molecule has 2 nitrogen and oxygen atoms in total. The van der Waals surface area contributed by atoms with Crippen LogP contribution < -0.4 is 0 Å². The minimum atomic E-state index is 0.654. The highest BCUT2D eigenvalue weighted by atomic mass is 15.0. The van der Waals surface area contributed by atoms with E-state index in [2.05, 4.69) is 48.5 Å². The highest BCUT2D eigenvalue weighted by Crippen LogP contribution is 2.13. The molecule has 0 saturated carbocycles. The van der Waals surface area contributed by atoms with Gasteiger partial charge in [0.1, 0.15) is 5.82 Å². The first-order valence-corrected chi connectivity index (χ1v) is 5.10. The quantitative estimate of drug-likeness (QED) is 0.708. The Labute approximate surface area is 84.6 Å². The molecule has 2 aromatic rings. The molecule has 0 fully saturated rings. The minimum absolute atomic E-state index is 0.654. The topological polar surface area (TPSA) is 17.3 Å². The summed E-state index contributed by atoms with van der Waals surface area (Å²) in [4.78, 5) is 4.46. The van der Waals surface area contributed by atoms with E-state index in [4.69, 9.17) is 0 Å². The predicted octanol–water partition coefficient (Wildman–Crippen LogP) is 2.84. The first-order valence-electron chi connectivity index (χ1n) is 5.10. The van der Waals surface area contributed by atoms with Gasteiger partial charge in [0.05, 0.1) is 11.7 Å². The van der Waals surface area contributed by atoms with Crippen LogP contribution in [0.4, 0.5) is 0 Å². The summed E-state index contributed by atoms with van der Waals surface area (Å²) in [7, 11) is 0. The maximum Gasteiger partial charge on any atom is 0.113 e. The Bertz CT molecular complexity index is 441. The SMILES string of the molecule is Cc1cccn2c(CC(C)C)ncc12. The highest BCUT2D eigenvalue weighted by molar-refractivity contribution is 5.53. The molecule has 0 N–H and O–H groups in total. The van der Waals surface area contributed by atoms with E-state index in [-0.39, 0.29) is 0 Å². The normalized spacial score (nSPS) is 11.4. The summed E-state index contributed by atoms with van der Waals surface area (Å²) >= 11 is 0. The van der Waals surface area contributed by atoms with Gasteiger partial charge in [0, 0.05) is 12.6 Å². The molecule has 0 aliphatic heterocycles. The number of nitrogens with zero attached hydrogens (tertiary/aromatic N) is 2. The second kappa shape index (κ2) is 3.45. The molecular weight excluding hydrogens is 172 g/mol. The van der Waals surface area contributed by atoms with Crippen molar-refractivity contribution in [2.75, 3.05) is 0 Å². The van der Waals surface area contributed by atoms with Crippen LogP contribution in [0.2, 0.25) is 0 Å². The van der Waals surface area contributed by atoms with Gasteiger partial charge in [0.15, 0.2) is 0 Å². The molecule has 2 heteroatoms. The van der Waals surface area contributed by atoms with E-state index < -0.39 is 0 Å². The number of hydrogen-bond acceptors (Lipinski definition) is 1. The van der Waals surface area contributed by atoms with Gasteiger partial charge in [-0.05, 0) is 24.5 Å². The molecule has 0 radical (unpaired) electrons. The fraction of sp³-hybridized carbons (Fsp3) is 0.417. The number of aromatic nitrogens is 2. The molecule has 2 heterocycles. The van der Waals surface area contributed by atoms with Crippen LogP contribution in [0.1, 0.15) is 25.2 Å². The van der Waals surface area contributed by atoms with E-state index in [0.29, 0.717) is 5.92 Å². The summed E-state index contributed by atoms with van der Waals surface area (Å²) in [5, 5.41) is 0. The van der Waals surface area contributed by atoms with Crippen molar-refractivity contribution in [1.82, 2.24) is 9.38 Å². The van der Waals surface area contributed by atoms with Gasteiger partial charge in [0.25, 0.3) is 0 Å². The first-order chi connectivity index (χ1) is 6.68. The number of imidazole rings is 1. The molecule has 0 bridgehead atoms. The van der Waals surface area contributed by atoms with Crippen molar-refractivity contribution in [3.05, 3.63) is 35.9 Å². The van der Waals surface area contributed by atoms with Gasteiger partial charge in [0.2, 0.25) is 0 Å². The van der Waals surface area contributed by atoms with E-state index in [9.17, 15) is 0 Å². The van der Waals surface area contributed by atoms with Crippen LogP contribution >= 0.6 is 0 Å². The lowest BCUT2D eigenvalue weighted by Crippen LogP contribution is -2.00. The Morgan fingerprint density at radius 1 is 1.43 bits per heavy atom. The van der Waals surface area contributed by atoms with E-state index in [1.807, 2.05) is 6.20 Å². The Morgan fingerprint density at radius 2 is 2.21 bits per heavy atom. The van der Waals surface area contributed by atoms with Gasteiger partial charge >= 0.3 is 0 Å². The Hall–Kier alpha value is -1.31. The summed E-state index contributed by atoms with van der Waals surface area (Å²) in [6, 6.07) is 4.20. The first kappa shape index (κ1) is 9.25. The van der Waals surface area contributed by atoms with Gasteiger partial charge < -0.3 is 4.40 Å². The third kappa shape index (κ3) is 1.52. The number of aryl methyl sites for hydroxylation is 1. The van der Waals surface area contributed by atoms with Crippen LogP contribution in [-0.2, 0) is 6.42 Å². The van der Waals surface area contributed by atoms with Gasteiger partial charge in [-0.15, -0.1) is 0 Å². The standard InChI is InChI=1S/C12H16N2/c1-9(2)7-12-13-8-11-10(3)5-4-6-14(11)12/h4-6,8-9H,7H2,1-3H3. The Balaban J connectivity index is 2.52. The third-order valence-electron chi connectivity index (χ3n) is 2.45. The summed E-state index contributed by atoms with van der Waals surface area (Å²) in [5.74, 6) is 1.82. The number of pyridine rings is 1. The van der Waals surface area contributed by atoms with Crippen molar-refractivity contribution < 1.29 is 0 Å². The average Bonchev–Trinajstić information content (AvgIpc) is 2.49. The molecule has 0 aromatic carbocycles. The van der Waals surface area contributed by atoms with Crippen molar-refractivity contribution in [2.45, 2.75) is 27.2 Å². The molecule has 0 atom stereocenters. The van der Waals surface area contributed by atoms with Crippen LogP contribution in [0.15, 0.2) is 24.5 Å². The number of rotatable bonds is 2. The summed E-state index contributed by atoms with van der Waals surface area (Å²) in [6.07, 6.45) is 5.09. The van der Waals surface area contributed by atoms with Gasteiger partial charge in [-0.2, -0.15) is 0 Å². The lowest BCUT2D eigenvalue weighted by Gasteiger charge is -2.04. The van der Waals surface area contributed by atoms with Crippen LogP contribution in [0.5, 0.6) is 0 Å². The summed E-state index contributed by atoms with van der Waals surface area (Å²) in [6.45, 7) is 6.56. The van der Waals surface area contributed by atoms with Crippen LogP contribution in [-0.4, -0.2) is 9.38 Å². The van der Waals surface area contributed by atoms with Crippen LogP contribution in [0.25, 0.3) is 5.52 Å². The van der Waals surface area contributed by atoms with Gasteiger partial charge in [-0.1, -0.05) is 19.9 Å². The van der Waals surface area contributed by atoms with E-state index in [0.717, 1.165) is 6.42 Å². The fourth-order valence-electron chi connectivity index (χ4n) is 1.73. The zero-order valence-electron chi connectivity index (χ0n) is 8.99. The van der Waals surface area contributed by atoms with E-state index >= 15 is 0 Å². The predicted molar refractivity (Wildman–Crippen MR) is 58.5 cm³/mol. The van der Waals surface area contributed by atoms with Gasteiger partial charge in [-0.25, -0.2) is 4.98 Å². The number of fused-ring (bicyclic) bond motifs is 1. The lowest BCUT2D eigenvalue weighted by molar-refractivity contribution is 0.619. The molecule has 0 spiro atoms. The molecule has 74 valence electrons. The average molecular weight is 188 g/mol. The summed E-state index contributed by atoms with van der Waals surface area (Å²) < 4.78 is 2.19. The second-order valence-corrected chi connectivity index (χ2v) is 4.22. The highest BCUT2D eigenvalue weighted by Gasteiger charge is 2.06. The van der Waals surface area contributed by atoms with Crippen molar-refractivity contribution in [3.63, 3.8) is 0 Å². The maximum absolute atomic E-state index is 4.46. The van der Waals surface area contributed by atoms with Crippen molar-refractivity contribution >= 4 is 5.52 Å². The molecule has 2 aromatic heterocycles. The lowest BCUT2D eigenvalue weighted by atomic mass is 10.1. The van der Waals surface area contributed by atoms with Crippen LogP contribution in [0.3, 0.4) is 0 Å². The van der Waals surface area contributed by atoms with Crippen LogP contribution in [0, 0.1) is 12.8 Å². The van der Waals surface area contributed by atoms with Crippen molar-refractivity contribution in [2.24, 2.45) is 5.92 Å². The van der Waals surface area contributed by atoms with Crippen molar-refractivity contribution in [3.8, 4) is 0 Å². The second-order valence-electron chi connectivity index (χ2n) is 4.22. The smallest absolute Gasteiger partial charge is 0.113 e. The zero-order chi connectivity index (χ0) is 10.1. The molecule has 0 saturated heterocycles. The Morgan fingerprint density at radius 3 is 2.93 bits per heavy atom. The molecule has 0 aliphatic rings. The number of hydrogen-bond donors (Lipinski definition) is 0. The minimum Gasteiger partial charge on any atom is -0.303 e. The van der Waals surface area contributed by atoms with Gasteiger partial charge in [-0.3, -0.25) is 0 Å². The summed E-state index contributed by atoms with van der Waals surface area (Å²) in [5.41, 5.74) is 2.51.